The molecule has 8 heterocycles. The number of carbonyl (C=O) groups is 2. The molecule has 0 amide bonds. The summed E-state index contributed by atoms with van der Waals surface area (Å²) in [5.74, 6) is 6.82. The highest BCUT2D eigenvalue weighted by atomic mass is 32.1. The number of ether oxygens (including phenoxy) is 4. The van der Waals surface area contributed by atoms with Gasteiger partial charge in [-0.15, -0.1) is 68.0 Å². The molecule has 0 spiro atoms. The monoisotopic (exact) mass is 1870 g/mol. The molecule has 0 N–H and O–H groups in total. The van der Waals surface area contributed by atoms with Crippen molar-refractivity contribution in [2.45, 2.75) is 302 Å². The molecule has 14 nitrogen and oxygen atoms in total. The fourth-order valence-corrected chi connectivity index (χ4v) is 26.6. The summed E-state index contributed by atoms with van der Waals surface area (Å²) in [4.78, 5) is 41.6. The van der Waals surface area contributed by atoms with Crippen LogP contribution in [0.2, 0.25) is 0 Å². The summed E-state index contributed by atoms with van der Waals surface area (Å²) in [5, 5.41) is 83.1. The van der Waals surface area contributed by atoms with Gasteiger partial charge in [0.1, 0.15) is 93.9 Å². The molecule has 0 saturated heterocycles. The van der Waals surface area contributed by atoms with Crippen LogP contribution in [0, 0.1) is 150 Å². The minimum Gasteiger partial charge on any atom is -0.492 e. The SMILES string of the molecule is CCCCC(CC)COc1cc(/C=C2\C(=O)c3cc(C#N)c(C#N)cc3C2=C(C#N)C#N)sc1-c1cc2c(s1)-c1sc(-c3cc4c(s3)-c3sc(-c5sc(/C=C6\C(=O)c7cc(C#N)c(C#N)cc7C6=C(C#N)C#N)cc5OCC(CC)CCCC)cc3OC4(CCC(C)CCCC(C)C)CCC(C)CCCC(C)C)cc1C(CCC(C)CCCC(C)C)(CCC(C)CCCC(C)C)O2. The number of rotatable bonds is 47. The van der Waals surface area contributed by atoms with Crippen LogP contribution < -0.4 is 18.9 Å². The average molecular weight is 1880 g/mol. The number of allylic oxidation sites excluding steroid dienone is 6. The molecule has 0 radical (unpaired) electrons. The molecule has 690 valence electrons. The van der Waals surface area contributed by atoms with E-state index in [4.69, 9.17) is 18.9 Å². The van der Waals surface area contributed by atoms with Crippen molar-refractivity contribution < 1.29 is 28.5 Å². The van der Waals surface area contributed by atoms with E-state index in [1.807, 2.05) is 59.1 Å². The number of nitriles is 8. The number of nitrogens with zero attached hydrogens (tertiary/aromatic N) is 8. The zero-order chi connectivity index (χ0) is 94.8. The van der Waals surface area contributed by atoms with Gasteiger partial charge in [-0.25, -0.2) is 0 Å². The molecule has 2 aliphatic heterocycles. The minimum atomic E-state index is -0.718. The second kappa shape index (κ2) is 46.3. The molecule has 0 fully saturated rings. The van der Waals surface area contributed by atoms with E-state index in [1.54, 1.807) is 34.8 Å². The Bertz CT molecular complexity index is 5570. The smallest absolute Gasteiger partial charge is 0.194 e. The van der Waals surface area contributed by atoms with E-state index in [0.717, 1.165) is 205 Å². The summed E-state index contributed by atoms with van der Waals surface area (Å²) in [5.41, 5.74) is 1.97. The molecule has 20 heteroatoms. The Balaban J connectivity index is 1.08. The standard InChI is InChI=1S/C112H130N8O6S6/c1-17-21-35-75(19-3)65-123-93-51-83(49-89-101(81(61-117)62-118)85-45-77(57-113)79(59-115)47-87(85)103(89)121)127-107(93)99-55-95-109(131-99)105-91(111(125-95,41-37-71(13)31-23-27-67(5)6)42-38-72(14)32-24-28-68(7)8)53-97(129-105)98-54-92-106(130-98)110-96(126-112(92,43-39-73(15)33-25-29-69(9)10)44-40-74(16)34-26-30-70(11)12)56-100(132-110)108-94(124-66-76(20-4)36-22-18-2)52-84(128-108)50-90-102(82(63-119)64-120)86-46-78(58-114)80(60-116)48-88(86)104(90)122/h45-56,67-76H,17-44,65-66H2,1-16H3/b89-49-,90-50-. The maximum absolute atomic E-state index is 14.9. The highest BCUT2D eigenvalue weighted by Crippen LogP contribution is 2.64. The van der Waals surface area contributed by atoms with E-state index >= 15 is 0 Å². The van der Waals surface area contributed by atoms with Gasteiger partial charge in [0.2, 0.25) is 0 Å². The summed E-state index contributed by atoms with van der Waals surface area (Å²) >= 11 is 10.1. The van der Waals surface area contributed by atoms with E-state index in [9.17, 15) is 51.7 Å². The third kappa shape index (κ3) is 23.3. The van der Waals surface area contributed by atoms with Crippen molar-refractivity contribution in [3.05, 3.63) is 148 Å². The lowest BCUT2D eigenvalue weighted by Crippen LogP contribution is -2.36. The average Bonchev–Trinajstić information content (AvgIpc) is 1.55. The quantitative estimate of drug-likeness (QED) is 0.0254. The molecule has 4 aliphatic rings. The zero-order valence-corrected chi connectivity index (χ0v) is 85.3. The Kier molecular flexibility index (Phi) is 35.5. The zero-order valence-electron chi connectivity index (χ0n) is 80.4. The van der Waals surface area contributed by atoms with Crippen LogP contribution in [-0.4, -0.2) is 24.8 Å². The van der Waals surface area contributed by atoms with E-state index in [2.05, 4.69) is 159 Å². The van der Waals surface area contributed by atoms with Gasteiger partial charge in [0.25, 0.3) is 0 Å². The number of benzene rings is 2. The Morgan fingerprint density at radius 2 is 0.667 bits per heavy atom. The third-order valence-electron chi connectivity index (χ3n) is 27.5. The number of thiophene rings is 6. The first kappa shape index (κ1) is 101. The van der Waals surface area contributed by atoms with Crippen molar-refractivity contribution in [3.63, 3.8) is 0 Å². The van der Waals surface area contributed by atoms with Crippen LogP contribution in [0.1, 0.15) is 366 Å². The van der Waals surface area contributed by atoms with Crippen LogP contribution in [0.5, 0.6) is 23.0 Å². The summed E-state index contributed by atoms with van der Waals surface area (Å²) in [6.07, 6.45) is 32.6. The second-order valence-electron chi connectivity index (χ2n) is 39.6. The fraction of sp³-hybridized carbons (Fsp3) is 0.518. The van der Waals surface area contributed by atoms with Gasteiger partial charge in [-0.2, -0.15) is 42.1 Å². The van der Waals surface area contributed by atoms with E-state index < -0.39 is 22.8 Å². The lowest BCUT2D eigenvalue weighted by atomic mass is 9.78. The minimum absolute atomic E-state index is 0.0316. The molecule has 12 rings (SSSR count). The molecule has 6 atom stereocenters. The molecule has 0 bridgehead atoms. The number of fused-ring (bicyclic) bond motifs is 8. The van der Waals surface area contributed by atoms with Crippen LogP contribution in [0.3, 0.4) is 0 Å². The molecule has 6 unspecified atom stereocenters. The first-order valence-corrected chi connectivity index (χ1v) is 53.5. The van der Waals surface area contributed by atoms with Gasteiger partial charge in [0, 0.05) is 76.2 Å². The third-order valence-corrected chi connectivity index (χ3v) is 35.0. The predicted molar refractivity (Wildman–Crippen MR) is 544 cm³/mol. The highest BCUT2D eigenvalue weighted by molar-refractivity contribution is 7.31. The first-order valence-electron chi connectivity index (χ1n) is 48.6. The predicted octanol–water partition coefficient (Wildman–Crippen LogP) is 33.4. The largest absolute Gasteiger partial charge is 0.492 e. The van der Waals surface area contributed by atoms with Crippen molar-refractivity contribution in [2.24, 2.45) is 59.2 Å². The van der Waals surface area contributed by atoms with Crippen LogP contribution in [0.25, 0.3) is 72.1 Å². The van der Waals surface area contributed by atoms with E-state index in [0.29, 0.717) is 81.8 Å². The van der Waals surface area contributed by atoms with Gasteiger partial charge in [0.05, 0.1) is 74.5 Å². The number of hydrogen-bond donors (Lipinski definition) is 0. The Labute approximate surface area is 810 Å². The van der Waals surface area contributed by atoms with Crippen molar-refractivity contribution in [3.8, 4) is 120 Å². The number of carbonyl (C=O) groups excluding carboxylic acids is 2. The summed E-state index contributed by atoms with van der Waals surface area (Å²) in [6, 6.07) is 35.7. The van der Waals surface area contributed by atoms with Crippen LogP contribution in [-0.2, 0) is 11.2 Å². The lowest BCUT2D eigenvalue weighted by Gasteiger charge is -2.39. The molecule has 2 aliphatic carbocycles. The molecule has 132 heavy (non-hydrogen) atoms. The maximum Gasteiger partial charge on any atom is 0.194 e. The van der Waals surface area contributed by atoms with Gasteiger partial charge in [-0.3, -0.25) is 9.59 Å². The van der Waals surface area contributed by atoms with Gasteiger partial charge < -0.3 is 18.9 Å². The number of Topliss-reactive ketones (excluding diaryl/α,β-unsaturated/α-hetero) is 2. The number of unbranched alkanes of at least 4 members (excludes halogenated alkanes) is 2. The van der Waals surface area contributed by atoms with Crippen molar-refractivity contribution in [1.82, 2.24) is 0 Å². The molecular formula is C112H130N8O6S6. The molecule has 2 aromatic carbocycles. The molecular weight excluding hydrogens is 1750 g/mol. The van der Waals surface area contributed by atoms with Crippen molar-refractivity contribution in [2.75, 3.05) is 13.2 Å². The maximum atomic E-state index is 14.9. The van der Waals surface area contributed by atoms with Crippen LogP contribution in [0.4, 0.5) is 0 Å². The van der Waals surface area contributed by atoms with Crippen LogP contribution in [0.15, 0.2) is 83.0 Å². The van der Waals surface area contributed by atoms with Crippen molar-refractivity contribution >= 4 is 103 Å². The summed E-state index contributed by atoms with van der Waals surface area (Å²) in [7, 11) is 0. The number of ketones is 2. The fourth-order valence-electron chi connectivity index (χ4n) is 19.2. The summed E-state index contributed by atoms with van der Waals surface area (Å²) < 4.78 is 30.5. The Morgan fingerprint density at radius 1 is 0.356 bits per heavy atom. The normalized spacial score (nSPS) is 17.2. The topological polar surface area (TPSA) is 261 Å². The van der Waals surface area contributed by atoms with Crippen molar-refractivity contribution in [1.29, 1.82) is 42.1 Å². The number of hydrogen-bond acceptors (Lipinski definition) is 20. The second-order valence-corrected chi connectivity index (χ2v) is 46.0. The Hall–Kier alpha value is -9.94. The van der Waals surface area contributed by atoms with E-state index in [-0.39, 0.29) is 89.8 Å². The Morgan fingerprint density at radius 3 is 0.955 bits per heavy atom. The van der Waals surface area contributed by atoms with Gasteiger partial charge in [-0.05, 0) is 195 Å². The first-order chi connectivity index (χ1) is 63.5. The van der Waals surface area contributed by atoms with Crippen LogP contribution >= 0.6 is 68.0 Å². The lowest BCUT2D eigenvalue weighted by molar-refractivity contribution is 0.0322. The molecule has 8 aromatic rings. The van der Waals surface area contributed by atoms with Gasteiger partial charge in [0.15, 0.2) is 11.6 Å². The molecule has 6 aromatic heterocycles. The van der Waals surface area contributed by atoms with Gasteiger partial charge >= 0.3 is 0 Å². The summed E-state index contributed by atoms with van der Waals surface area (Å²) in [6.45, 7) is 38.1. The molecule has 0 saturated carbocycles. The van der Waals surface area contributed by atoms with E-state index in [1.165, 1.54) is 93.5 Å². The highest BCUT2D eigenvalue weighted by Gasteiger charge is 2.48. The van der Waals surface area contributed by atoms with Gasteiger partial charge in [-0.1, -0.05) is 226 Å².